The Morgan fingerprint density at radius 3 is 2.10 bits per heavy atom. The highest BCUT2D eigenvalue weighted by molar-refractivity contribution is 7.89. The molecule has 0 unspecified atom stereocenters. The van der Waals surface area contributed by atoms with Gasteiger partial charge >= 0.3 is 0 Å². The maximum Gasteiger partial charge on any atom is 0.270 e. The van der Waals surface area contributed by atoms with Crippen LogP contribution in [0.4, 0.5) is 0 Å². The van der Waals surface area contributed by atoms with Crippen molar-refractivity contribution < 1.29 is 22.7 Å². The first-order valence-electron chi connectivity index (χ1n) is 9.30. The zero-order chi connectivity index (χ0) is 21.3. The van der Waals surface area contributed by atoms with Gasteiger partial charge in [0, 0.05) is 37.4 Å². The second kappa shape index (κ2) is 8.00. The number of nitrogens with zero attached hydrogens (tertiary/aromatic N) is 2. The Labute approximate surface area is 170 Å². The number of amides is 1. The van der Waals surface area contributed by atoms with Crippen molar-refractivity contribution in [3.63, 3.8) is 0 Å². The third-order valence-corrected chi connectivity index (χ3v) is 7.14. The molecule has 0 aliphatic carbocycles. The molecule has 29 heavy (non-hydrogen) atoms. The van der Waals surface area contributed by atoms with Gasteiger partial charge in [0.25, 0.3) is 5.91 Å². The number of hydrogen-bond acceptors (Lipinski definition) is 5. The zero-order valence-electron chi connectivity index (χ0n) is 17.0. The first kappa shape index (κ1) is 21.1. The maximum atomic E-state index is 12.9. The fourth-order valence-corrected chi connectivity index (χ4v) is 5.10. The molecule has 0 atom stereocenters. The molecule has 1 aromatic carbocycles. The number of nitrogens with one attached hydrogen (secondary N) is 1. The Morgan fingerprint density at radius 1 is 1.03 bits per heavy atom. The molecule has 2 aromatic rings. The molecule has 2 heterocycles. The molecule has 1 N–H and O–H groups in total. The van der Waals surface area contributed by atoms with Crippen LogP contribution in [-0.2, 0) is 10.0 Å². The van der Waals surface area contributed by atoms with E-state index in [0.717, 1.165) is 0 Å². The maximum absolute atomic E-state index is 12.9. The molecule has 9 heteroatoms. The third kappa shape index (κ3) is 3.92. The summed E-state index contributed by atoms with van der Waals surface area (Å²) in [7, 11) is -2.12. The summed E-state index contributed by atoms with van der Waals surface area (Å²) in [4.78, 5) is 29.5. The van der Waals surface area contributed by atoms with Gasteiger partial charge in [-0.25, -0.2) is 8.42 Å². The second-order valence-corrected chi connectivity index (χ2v) is 8.99. The van der Waals surface area contributed by atoms with Crippen molar-refractivity contribution in [1.82, 2.24) is 14.2 Å². The van der Waals surface area contributed by atoms with Crippen molar-refractivity contribution in [3.8, 4) is 5.75 Å². The molecule has 0 bridgehead atoms. The number of rotatable bonds is 5. The lowest BCUT2D eigenvalue weighted by Gasteiger charge is -2.34. The fraction of sp³-hybridized carbons (Fsp3) is 0.400. The number of hydrogen-bond donors (Lipinski definition) is 1. The van der Waals surface area contributed by atoms with E-state index in [0.29, 0.717) is 28.3 Å². The van der Waals surface area contributed by atoms with Crippen LogP contribution >= 0.6 is 0 Å². The van der Waals surface area contributed by atoms with Crippen molar-refractivity contribution in [1.29, 1.82) is 0 Å². The molecule has 0 saturated carbocycles. The van der Waals surface area contributed by atoms with Gasteiger partial charge in [-0.1, -0.05) is 0 Å². The average Bonchev–Trinajstić information content (AvgIpc) is 3.01. The largest absolute Gasteiger partial charge is 0.497 e. The number of ether oxygens (including phenoxy) is 1. The summed E-state index contributed by atoms with van der Waals surface area (Å²) in [6.07, 6.45) is 0. The van der Waals surface area contributed by atoms with E-state index in [1.54, 1.807) is 30.9 Å². The number of sulfonamides is 1. The Morgan fingerprint density at radius 2 is 1.62 bits per heavy atom. The third-order valence-electron chi connectivity index (χ3n) is 5.23. The van der Waals surface area contributed by atoms with Gasteiger partial charge in [0.1, 0.15) is 11.4 Å². The number of Topliss-reactive ketones (excluding diaryl/α,β-unsaturated/α-hetero) is 1. The number of aromatic amines is 1. The van der Waals surface area contributed by atoms with E-state index in [-0.39, 0.29) is 42.8 Å². The predicted molar refractivity (Wildman–Crippen MR) is 108 cm³/mol. The van der Waals surface area contributed by atoms with E-state index in [1.807, 2.05) is 0 Å². The second-order valence-electron chi connectivity index (χ2n) is 7.05. The monoisotopic (exact) mass is 419 g/mol. The highest BCUT2D eigenvalue weighted by Crippen LogP contribution is 2.23. The minimum Gasteiger partial charge on any atom is -0.497 e. The molecule has 1 amide bonds. The number of piperazine rings is 1. The number of carbonyl (C=O) groups excluding carboxylic acids is 2. The highest BCUT2D eigenvalue weighted by Gasteiger charge is 2.32. The summed E-state index contributed by atoms with van der Waals surface area (Å²) in [5, 5.41) is 0. The molecule has 156 valence electrons. The van der Waals surface area contributed by atoms with Crippen molar-refractivity contribution in [2.75, 3.05) is 33.3 Å². The lowest BCUT2D eigenvalue weighted by molar-refractivity contribution is 0.0691. The number of H-pyrrole nitrogens is 1. The number of aromatic nitrogens is 1. The van der Waals surface area contributed by atoms with Crippen molar-refractivity contribution >= 4 is 21.7 Å². The number of aryl methyl sites for hydroxylation is 1. The average molecular weight is 420 g/mol. The van der Waals surface area contributed by atoms with Crippen LogP contribution in [0, 0.1) is 13.8 Å². The standard InChI is InChI=1S/C20H25N3O5S/c1-13-18(15(3)24)14(2)21-19(13)20(25)22-9-11-23(12-10-22)29(26,27)17-7-5-16(28-4)6-8-17/h5-8,21H,9-12H2,1-4H3. The first-order chi connectivity index (χ1) is 13.7. The minimum atomic E-state index is -3.64. The molecular weight excluding hydrogens is 394 g/mol. The van der Waals surface area contributed by atoms with Crippen LogP contribution in [0.25, 0.3) is 0 Å². The summed E-state index contributed by atoms with van der Waals surface area (Å²) >= 11 is 0. The molecule has 0 radical (unpaired) electrons. The Hall–Kier alpha value is -2.65. The molecule has 1 aliphatic rings. The number of ketones is 1. The van der Waals surface area contributed by atoms with Crippen LogP contribution < -0.4 is 4.74 Å². The number of methoxy groups -OCH3 is 1. The molecule has 1 aromatic heterocycles. The van der Waals surface area contributed by atoms with Crippen LogP contribution in [0.15, 0.2) is 29.2 Å². The first-order valence-corrected chi connectivity index (χ1v) is 10.7. The van der Waals surface area contributed by atoms with Gasteiger partial charge < -0.3 is 14.6 Å². The molecular formula is C20H25N3O5S. The number of carbonyl (C=O) groups is 2. The topological polar surface area (TPSA) is 99.8 Å². The van der Waals surface area contributed by atoms with Gasteiger partial charge in [-0.15, -0.1) is 0 Å². The fourth-order valence-electron chi connectivity index (χ4n) is 3.68. The van der Waals surface area contributed by atoms with E-state index >= 15 is 0 Å². The lowest BCUT2D eigenvalue weighted by atomic mass is 10.1. The van der Waals surface area contributed by atoms with E-state index < -0.39 is 10.0 Å². The van der Waals surface area contributed by atoms with Gasteiger partial charge in [0.2, 0.25) is 10.0 Å². The Kier molecular flexibility index (Phi) is 5.81. The zero-order valence-corrected chi connectivity index (χ0v) is 17.8. The molecule has 1 aliphatic heterocycles. The van der Waals surface area contributed by atoms with Crippen molar-refractivity contribution in [2.45, 2.75) is 25.7 Å². The summed E-state index contributed by atoms with van der Waals surface area (Å²) in [5.41, 5.74) is 2.22. The highest BCUT2D eigenvalue weighted by atomic mass is 32.2. The van der Waals surface area contributed by atoms with E-state index in [1.165, 1.54) is 30.5 Å². The van der Waals surface area contributed by atoms with Crippen LogP contribution in [-0.4, -0.2) is 67.6 Å². The van der Waals surface area contributed by atoms with E-state index in [9.17, 15) is 18.0 Å². The van der Waals surface area contributed by atoms with Gasteiger partial charge in [-0.05, 0) is 50.6 Å². The van der Waals surface area contributed by atoms with Gasteiger partial charge in [-0.3, -0.25) is 9.59 Å². The minimum absolute atomic E-state index is 0.0919. The van der Waals surface area contributed by atoms with Crippen LogP contribution in [0.3, 0.4) is 0 Å². The summed E-state index contributed by atoms with van der Waals surface area (Å²) in [5.74, 6) is 0.270. The van der Waals surface area contributed by atoms with Crippen LogP contribution in [0.2, 0.25) is 0 Å². The SMILES string of the molecule is COc1ccc(S(=O)(=O)N2CCN(C(=O)c3[nH]c(C)c(C(C)=O)c3C)CC2)cc1. The molecule has 3 rings (SSSR count). The normalized spacial score (nSPS) is 15.4. The van der Waals surface area contributed by atoms with Crippen LogP contribution in [0.5, 0.6) is 5.75 Å². The Balaban J connectivity index is 1.72. The molecule has 8 nitrogen and oxygen atoms in total. The lowest BCUT2D eigenvalue weighted by Crippen LogP contribution is -2.50. The van der Waals surface area contributed by atoms with E-state index in [2.05, 4.69) is 4.98 Å². The number of benzene rings is 1. The molecule has 0 spiro atoms. The summed E-state index contributed by atoms with van der Waals surface area (Å²) in [6.45, 7) is 5.96. The van der Waals surface area contributed by atoms with Gasteiger partial charge in [0.05, 0.1) is 12.0 Å². The summed E-state index contributed by atoms with van der Waals surface area (Å²) < 4.78 is 32.1. The Bertz CT molecular complexity index is 1030. The smallest absolute Gasteiger partial charge is 0.270 e. The molecule has 1 fully saturated rings. The van der Waals surface area contributed by atoms with Crippen molar-refractivity contribution in [3.05, 3.63) is 46.8 Å². The molecule has 1 saturated heterocycles. The van der Waals surface area contributed by atoms with Gasteiger partial charge in [0.15, 0.2) is 5.78 Å². The van der Waals surface area contributed by atoms with Crippen molar-refractivity contribution in [2.24, 2.45) is 0 Å². The van der Waals surface area contributed by atoms with E-state index in [4.69, 9.17) is 4.74 Å². The van der Waals surface area contributed by atoms with Crippen LogP contribution in [0.1, 0.15) is 39.0 Å². The predicted octanol–water partition coefficient (Wildman–Crippen LogP) is 1.99. The summed E-state index contributed by atoms with van der Waals surface area (Å²) in [6, 6.07) is 6.24. The van der Waals surface area contributed by atoms with Gasteiger partial charge in [-0.2, -0.15) is 4.31 Å². The quantitative estimate of drug-likeness (QED) is 0.747.